The number of hydrogen-bond donors (Lipinski definition) is 2. The van der Waals surface area contributed by atoms with E-state index < -0.39 is 10.0 Å². The molecule has 0 unspecified atom stereocenters. The van der Waals surface area contributed by atoms with Crippen LogP contribution in [0.4, 0.5) is 5.69 Å². The minimum absolute atomic E-state index is 0.231. The molecule has 0 aliphatic rings. The summed E-state index contributed by atoms with van der Waals surface area (Å²) < 4.78 is 25.5. The van der Waals surface area contributed by atoms with Crippen LogP contribution < -0.4 is 10.6 Å². The molecule has 0 spiro atoms. The van der Waals surface area contributed by atoms with Crippen molar-refractivity contribution < 1.29 is 8.42 Å². The van der Waals surface area contributed by atoms with Crippen molar-refractivity contribution in [2.45, 2.75) is 17.7 Å². The van der Waals surface area contributed by atoms with Gasteiger partial charge in [0.2, 0.25) is 10.0 Å². The van der Waals surface area contributed by atoms with Gasteiger partial charge in [-0.15, -0.1) is 0 Å². The molecule has 2 aromatic rings. The molecule has 0 aromatic heterocycles. The molecule has 5 nitrogen and oxygen atoms in total. The van der Waals surface area contributed by atoms with Gasteiger partial charge in [-0.2, -0.15) is 0 Å². The monoisotopic (exact) mass is 377 g/mol. The lowest BCUT2D eigenvalue weighted by molar-refractivity contribution is 0.521. The standard InChI is InChI=1S/C18H23N3O2S2/c1-21(2)25(22,23)17-12-6-11-16(14-17)20-18(24)19-13-7-10-15-8-4-3-5-9-15/h3-6,8-9,11-12,14H,7,10,13H2,1-2H3,(H2,19,20,24). The maximum Gasteiger partial charge on any atom is 0.242 e. The van der Waals surface area contributed by atoms with Crippen molar-refractivity contribution in [2.24, 2.45) is 0 Å². The van der Waals surface area contributed by atoms with Gasteiger partial charge in [-0.25, -0.2) is 12.7 Å². The van der Waals surface area contributed by atoms with E-state index in [2.05, 4.69) is 22.8 Å². The molecule has 0 amide bonds. The van der Waals surface area contributed by atoms with Crippen LogP contribution in [0.3, 0.4) is 0 Å². The quantitative estimate of drug-likeness (QED) is 0.574. The minimum Gasteiger partial charge on any atom is -0.362 e. The largest absolute Gasteiger partial charge is 0.362 e. The molecule has 0 radical (unpaired) electrons. The third kappa shape index (κ3) is 5.81. The van der Waals surface area contributed by atoms with Gasteiger partial charge in [-0.05, 0) is 48.8 Å². The highest BCUT2D eigenvalue weighted by Crippen LogP contribution is 2.17. The molecule has 2 N–H and O–H groups in total. The summed E-state index contributed by atoms with van der Waals surface area (Å²) in [6.45, 7) is 0.746. The molecule has 0 heterocycles. The van der Waals surface area contributed by atoms with Gasteiger partial charge < -0.3 is 10.6 Å². The van der Waals surface area contributed by atoms with Gasteiger partial charge in [0, 0.05) is 26.3 Å². The van der Waals surface area contributed by atoms with Crippen LogP contribution in [0.2, 0.25) is 0 Å². The second-order valence-corrected chi connectivity index (χ2v) is 8.35. The average molecular weight is 378 g/mol. The SMILES string of the molecule is CN(C)S(=O)(=O)c1cccc(NC(=S)NCCCc2ccccc2)c1. The Bertz CT molecular complexity index is 806. The Morgan fingerprint density at radius 1 is 1.08 bits per heavy atom. The normalized spacial score (nSPS) is 11.3. The van der Waals surface area contributed by atoms with Gasteiger partial charge in [-0.3, -0.25) is 0 Å². The lowest BCUT2D eigenvalue weighted by atomic mass is 10.1. The Labute approximate surface area is 155 Å². The molecule has 2 rings (SSSR count). The Morgan fingerprint density at radius 2 is 1.80 bits per heavy atom. The average Bonchev–Trinajstić information content (AvgIpc) is 2.60. The Kier molecular flexibility index (Phi) is 6.92. The highest BCUT2D eigenvalue weighted by Gasteiger charge is 2.17. The van der Waals surface area contributed by atoms with Crippen LogP contribution in [0.25, 0.3) is 0 Å². The number of rotatable bonds is 7. The van der Waals surface area contributed by atoms with Crippen LogP contribution in [-0.2, 0) is 16.4 Å². The second-order valence-electron chi connectivity index (χ2n) is 5.79. The van der Waals surface area contributed by atoms with Crippen molar-refractivity contribution in [1.29, 1.82) is 0 Å². The van der Waals surface area contributed by atoms with E-state index in [1.807, 2.05) is 18.2 Å². The van der Waals surface area contributed by atoms with Gasteiger partial charge in [0.05, 0.1) is 4.90 Å². The maximum absolute atomic E-state index is 12.2. The summed E-state index contributed by atoms with van der Waals surface area (Å²) in [5.41, 5.74) is 1.94. The third-order valence-corrected chi connectivity index (χ3v) is 5.70. The summed E-state index contributed by atoms with van der Waals surface area (Å²) in [5, 5.41) is 6.65. The van der Waals surface area contributed by atoms with Crippen LogP contribution in [0.15, 0.2) is 59.5 Å². The predicted octanol–water partition coefficient (Wildman–Crippen LogP) is 2.86. The van der Waals surface area contributed by atoms with E-state index in [0.717, 1.165) is 19.4 Å². The lowest BCUT2D eigenvalue weighted by Gasteiger charge is -2.14. The zero-order valence-corrected chi connectivity index (χ0v) is 16.0. The topological polar surface area (TPSA) is 61.4 Å². The first-order chi connectivity index (χ1) is 11.9. The summed E-state index contributed by atoms with van der Waals surface area (Å²) in [6, 6.07) is 16.9. The number of aryl methyl sites for hydroxylation is 1. The summed E-state index contributed by atoms with van der Waals surface area (Å²) >= 11 is 5.27. The number of nitrogens with zero attached hydrogens (tertiary/aromatic N) is 1. The van der Waals surface area contributed by atoms with Gasteiger partial charge >= 0.3 is 0 Å². The van der Waals surface area contributed by atoms with E-state index in [1.165, 1.54) is 24.0 Å². The highest BCUT2D eigenvalue weighted by molar-refractivity contribution is 7.89. The number of benzene rings is 2. The first-order valence-corrected chi connectivity index (χ1v) is 9.86. The van der Waals surface area contributed by atoms with E-state index in [-0.39, 0.29) is 4.90 Å². The van der Waals surface area contributed by atoms with Crippen molar-refractivity contribution in [3.05, 3.63) is 60.2 Å². The molecule has 7 heteroatoms. The summed E-state index contributed by atoms with van der Waals surface area (Å²) in [4.78, 5) is 0.231. The number of nitrogens with one attached hydrogen (secondary N) is 2. The highest BCUT2D eigenvalue weighted by atomic mass is 32.2. The molecule has 0 aliphatic carbocycles. The molecular weight excluding hydrogens is 354 g/mol. The molecule has 0 saturated carbocycles. The molecule has 0 bridgehead atoms. The predicted molar refractivity (Wildman–Crippen MR) is 106 cm³/mol. The van der Waals surface area contributed by atoms with Crippen LogP contribution in [0.1, 0.15) is 12.0 Å². The number of sulfonamides is 1. The molecule has 0 fully saturated rings. The Morgan fingerprint density at radius 3 is 2.48 bits per heavy atom. The van der Waals surface area contributed by atoms with Gasteiger partial charge in [-0.1, -0.05) is 36.4 Å². The molecule has 0 atom stereocenters. The fourth-order valence-electron chi connectivity index (χ4n) is 2.26. The third-order valence-electron chi connectivity index (χ3n) is 3.64. The van der Waals surface area contributed by atoms with Crippen LogP contribution >= 0.6 is 12.2 Å². The van der Waals surface area contributed by atoms with Crippen molar-refractivity contribution in [3.63, 3.8) is 0 Å². The smallest absolute Gasteiger partial charge is 0.242 e. The summed E-state index contributed by atoms with van der Waals surface area (Å²) in [5.74, 6) is 0. The van der Waals surface area contributed by atoms with Crippen LogP contribution in [-0.4, -0.2) is 38.5 Å². The van der Waals surface area contributed by atoms with Crippen molar-refractivity contribution in [2.75, 3.05) is 26.0 Å². The number of anilines is 1. The molecule has 0 aliphatic heterocycles. The second kappa shape index (κ2) is 8.94. The molecule has 134 valence electrons. The molecular formula is C18H23N3O2S2. The molecule has 25 heavy (non-hydrogen) atoms. The van der Waals surface area contributed by atoms with Crippen LogP contribution in [0.5, 0.6) is 0 Å². The molecule has 2 aromatic carbocycles. The first kappa shape index (κ1) is 19.4. The zero-order valence-electron chi connectivity index (χ0n) is 14.4. The van der Waals surface area contributed by atoms with E-state index in [0.29, 0.717) is 10.8 Å². The maximum atomic E-state index is 12.2. The van der Waals surface area contributed by atoms with E-state index in [1.54, 1.807) is 24.3 Å². The van der Waals surface area contributed by atoms with Crippen molar-refractivity contribution >= 4 is 33.0 Å². The van der Waals surface area contributed by atoms with E-state index in [4.69, 9.17) is 12.2 Å². The van der Waals surface area contributed by atoms with Gasteiger partial charge in [0.15, 0.2) is 5.11 Å². The lowest BCUT2D eigenvalue weighted by Crippen LogP contribution is -2.29. The summed E-state index contributed by atoms with van der Waals surface area (Å²) in [7, 11) is -0.440. The fraction of sp³-hybridized carbons (Fsp3) is 0.278. The number of thiocarbonyl (C=S) groups is 1. The fourth-order valence-corrected chi connectivity index (χ4v) is 3.43. The molecule has 0 saturated heterocycles. The first-order valence-electron chi connectivity index (χ1n) is 8.01. The van der Waals surface area contributed by atoms with Crippen LogP contribution in [0, 0.1) is 0 Å². The Hall–Kier alpha value is -1.96. The zero-order chi connectivity index (χ0) is 18.3. The Balaban J connectivity index is 1.84. The van der Waals surface area contributed by atoms with Crippen molar-refractivity contribution in [1.82, 2.24) is 9.62 Å². The number of hydrogen-bond acceptors (Lipinski definition) is 3. The van der Waals surface area contributed by atoms with Gasteiger partial charge in [0.1, 0.15) is 0 Å². The minimum atomic E-state index is -3.46. The van der Waals surface area contributed by atoms with Crippen molar-refractivity contribution in [3.8, 4) is 0 Å². The van der Waals surface area contributed by atoms with E-state index in [9.17, 15) is 8.42 Å². The summed E-state index contributed by atoms with van der Waals surface area (Å²) in [6.07, 6.45) is 1.94. The van der Waals surface area contributed by atoms with Gasteiger partial charge in [0.25, 0.3) is 0 Å². The van der Waals surface area contributed by atoms with E-state index >= 15 is 0 Å².